The molecule has 26 heavy (non-hydrogen) atoms. The van der Waals surface area contributed by atoms with Crippen LogP contribution in [0.5, 0.6) is 0 Å². The number of hydrogen-bond donors (Lipinski definition) is 2. The minimum atomic E-state index is -1.27. The molecule has 8 nitrogen and oxygen atoms in total. The maximum absolute atomic E-state index is 12.2. The summed E-state index contributed by atoms with van der Waals surface area (Å²) < 4.78 is 10.3. The van der Waals surface area contributed by atoms with E-state index in [-0.39, 0.29) is 19.4 Å². The van der Waals surface area contributed by atoms with E-state index in [1.807, 2.05) is 6.07 Å². The Morgan fingerprint density at radius 1 is 1.00 bits per heavy atom. The van der Waals surface area contributed by atoms with Crippen LogP contribution in [0.15, 0.2) is 30.3 Å². The van der Waals surface area contributed by atoms with Crippen LogP contribution in [0, 0.1) is 5.92 Å². The summed E-state index contributed by atoms with van der Waals surface area (Å²) in [6.45, 7) is 5.15. The standard InChI is InChI=1S/C18H26N2O6/c1-18(2,3)25-17(23)14(19)10-9-13(16(22)26-20)15(21)24-11-12-7-5-4-6-8-12/h4-8,13-14H,9-11,19-20H2,1-3H3. The maximum atomic E-state index is 12.2. The maximum Gasteiger partial charge on any atom is 0.338 e. The lowest BCUT2D eigenvalue weighted by Crippen LogP contribution is -2.39. The van der Waals surface area contributed by atoms with E-state index < -0.39 is 35.5 Å². The molecule has 0 radical (unpaired) electrons. The van der Waals surface area contributed by atoms with Gasteiger partial charge in [0, 0.05) is 0 Å². The quantitative estimate of drug-likeness (QED) is 0.399. The zero-order valence-electron chi connectivity index (χ0n) is 15.3. The van der Waals surface area contributed by atoms with Gasteiger partial charge in [-0.25, -0.2) is 4.79 Å². The first kappa shape index (κ1) is 21.6. The summed E-state index contributed by atoms with van der Waals surface area (Å²) in [5.41, 5.74) is 5.86. The molecule has 0 spiro atoms. The number of esters is 2. The van der Waals surface area contributed by atoms with Gasteiger partial charge in [0.1, 0.15) is 18.2 Å². The van der Waals surface area contributed by atoms with Crippen LogP contribution in [0.2, 0.25) is 0 Å². The molecule has 0 heterocycles. The molecule has 4 N–H and O–H groups in total. The Morgan fingerprint density at radius 3 is 2.15 bits per heavy atom. The third kappa shape index (κ3) is 7.62. The zero-order valence-corrected chi connectivity index (χ0v) is 15.3. The van der Waals surface area contributed by atoms with E-state index in [0.29, 0.717) is 0 Å². The first-order valence-electron chi connectivity index (χ1n) is 8.23. The summed E-state index contributed by atoms with van der Waals surface area (Å²) in [6.07, 6.45) is -0.0147. The molecule has 0 saturated carbocycles. The highest BCUT2D eigenvalue weighted by molar-refractivity contribution is 5.94. The van der Waals surface area contributed by atoms with E-state index in [9.17, 15) is 14.4 Å². The average Bonchev–Trinajstić information content (AvgIpc) is 2.58. The second-order valence-electron chi connectivity index (χ2n) is 6.80. The zero-order chi connectivity index (χ0) is 19.7. The highest BCUT2D eigenvalue weighted by Gasteiger charge is 2.32. The predicted octanol–water partition coefficient (Wildman–Crippen LogP) is 1.21. The molecule has 144 valence electrons. The molecule has 0 amide bonds. The number of nitrogens with two attached hydrogens (primary N) is 2. The van der Waals surface area contributed by atoms with Gasteiger partial charge in [-0.1, -0.05) is 30.3 Å². The van der Waals surface area contributed by atoms with Crippen LogP contribution in [-0.4, -0.2) is 29.6 Å². The molecule has 8 heteroatoms. The molecule has 1 aromatic carbocycles. The van der Waals surface area contributed by atoms with Crippen molar-refractivity contribution in [3.8, 4) is 0 Å². The van der Waals surface area contributed by atoms with Crippen molar-refractivity contribution in [2.24, 2.45) is 17.5 Å². The van der Waals surface area contributed by atoms with Gasteiger partial charge in [0.05, 0.1) is 0 Å². The van der Waals surface area contributed by atoms with Gasteiger partial charge in [-0.3, -0.25) is 9.59 Å². The van der Waals surface area contributed by atoms with Crippen LogP contribution < -0.4 is 11.6 Å². The van der Waals surface area contributed by atoms with Gasteiger partial charge >= 0.3 is 17.9 Å². The predicted molar refractivity (Wildman–Crippen MR) is 93.1 cm³/mol. The van der Waals surface area contributed by atoms with Crippen molar-refractivity contribution >= 4 is 17.9 Å². The lowest BCUT2D eigenvalue weighted by Gasteiger charge is -2.22. The Labute approximate surface area is 152 Å². The normalized spacial score (nSPS) is 13.4. The first-order chi connectivity index (χ1) is 12.1. The summed E-state index contributed by atoms with van der Waals surface area (Å²) in [5, 5.41) is 0. The minimum Gasteiger partial charge on any atom is -0.460 e. The molecule has 0 fully saturated rings. The summed E-state index contributed by atoms with van der Waals surface area (Å²) in [5.74, 6) is 1.27. The fourth-order valence-electron chi connectivity index (χ4n) is 2.08. The van der Waals surface area contributed by atoms with Gasteiger partial charge in [0.15, 0.2) is 5.92 Å². The molecule has 2 atom stereocenters. The molecular weight excluding hydrogens is 340 g/mol. The molecular formula is C18H26N2O6. The lowest BCUT2D eigenvalue weighted by molar-refractivity contribution is -0.165. The van der Waals surface area contributed by atoms with Crippen molar-refractivity contribution < 1.29 is 28.7 Å². The van der Waals surface area contributed by atoms with E-state index in [1.54, 1.807) is 45.0 Å². The minimum absolute atomic E-state index is 0.00610. The first-order valence-corrected chi connectivity index (χ1v) is 8.23. The van der Waals surface area contributed by atoms with Gasteiger partial charge in [0.2, 0.25) is 0 Å². The highest BCUT2D eigenvalue weighted by Crippen LogP contribution is 2.16. The number of ether oxygens (including phenoxy) is 2. The summed E-state index contributed by atoms with van der Waals surface area (Å²) in [4.78, 5) is 40.0. The molecule has 1 rings (SSSR count). The number of benzene rings is 1. The van der Waals surface area contributed by atoms with E-state index in [4.69, 9.17) is 21.1 Å². The van der Waals surface area contributed by atoms with Crippen molar-refractivity contribution in [2.45, 2.75) is 51.9 Å². The van der Waals surface area contributed by atoms with Crippen LogP contribution in [0.3, 0.4) is 0 Å². The van der Waals surface area contributed by atoms with E-state index in [0.717, 1.165) is 5.56 Å². The highest BCUT2D eigenvalue weighted by atomic mass is 16.7. The van der Waals surface area contributed by atoms with Gasteiger partial charge < -0.3 is 20.0 Å². The molecule has 0 saturated heterocycles. The molecule has 1 aromatic rings. The molecule has 0 aliphatic carbocycles. The van der Waals surface area contributed by atoms with Crippen molar-refractivity contribution in [3.05, 3.63) is 35.9 Å². The number of rotatable bonds is 8. The molecule has 0 aromatic heterocycles. The van der Waals surface area contributed by atoms with Crippen molar-refractivity contribution in [1.29, 1.82) is 0 Å². The van der Waals surface area contributed by atoms with Crippen LogP contribution >= 0.6 is 0 Å². The van der Waals surface area contributed by atoms with E-state index >= 15 is 0 Å². The Morgan fingerprint density at radius 2 is 1.62 bits per heavy atom. The Kier molecular flexibility index (Phi) is 8.21. The number of carbonyl (C=O) groups is 3. The van der Waals surface area contributed by atoms with Crippen molar-refractivity contribution in [2.75, 3.05) is 0 Å². The number of carbonyl (C=O) groups excluding carboxylic acids is 3. The Bertz CT molecular complexity index is 612. The summed E-state index contributed by atoms with van der Waals surface area (Å²) in [7, 11) is 0. The van der Waals surface area contributed by atoms with Gasteiger partial charge in [-0.05, 0) is 39.2 Å². The van der Waals surface area contributed by atoms with E-state index in [1.165, 1.54) is 0 Å². The summed E-state index contributed by atoms with van der Waals surface area (Å²) >= 11 is 0. The van der Waals surface area contributed by atoms with Gasteiger partial charge in [-0.15, -0.1) is 0 Å². The Balaban J connectivity index is 2.61. The second-order valence-corrected chi connectivity index (χ2v) is 6.80. The summed E-state index contributed by atoms with van der Waals surface area (Å²) in [6, 6.07) is 8.01. The van der Waals surface area contributed by atoms with Crippen molar-refractivity contribution in [1.82, 2.24) is 0 Å². The van der Waals surface area contributed by atoms with Crippen LogP contribution in [-0.2, 0) is 35.3 Å². The third-order valence-electron chi connectivity index (χ3n) is 3.38. The van der Waals surface area contributed by atoms with Gasteiger partial charge in [0.25, 0.3) is 0 Å². The lowest BCUT2D eigenvalue weighted by atomic mass is 10.00. The molecule has 2 unspecified atom stereocenters. The number of hydrogen-bond acceptors (Lipinski definition) is 8. The van der Waals surface area contributed by atoms with E-state index in [2.05, 4.69) is 4.84 Å². The largest absolute Gasteiger partial charge is 0.460 e. The fourth-order valence-corrected chi connectivity index (χ4v) is 2.08. The average molecular weight is 366 g/mol. The smallest absolute Gasteiger partial charge is 0.338 e. The van der Waals surface area contributed by atoms with Gasteiger partial charge in [-0.2, -0.15) is 5.90 Å². The molecule has 0 aliphatic heterocycles. The van der Waals surface area contributed by atoms with Crippen molar-refractivity contribution in [3.63, 3.8) is 0 Å². The Hall–Kier alpha value is -2.45. The monoisotopic (exact) mass is 366 g/mol. The van der Waals surface area contributed by atoms with Crippen LogP contribution in [0.4, 0.5) is 0 Å². The molecule has 0 bridgehead atoms. The topological polar surface area (TPSA) is 131 Å². The third-order valence-corrected chi connectivity index (χ3v) is 3.38. The fraction of sp³-hybridized carbons (Fsp3) is 0.500. The van der Waals surface area contributed by atoms with Crippen LogP contribution in [0.1, 0.15) is 39.2 Å². The second kappa shape index (κ2) is 9.88. The van der Waals surface area contributed by atoms with Crippen LogP contribution in [0.25, 0.3) is 0 Å². The SMILES string of the molecule is CC(C)(C)OC(=O)C(N)CCC(C(=O)ON)C(=O)OCc1ccccc1. The molecule has 0 aliphatic rings.